The summed E-state index contributed by atoms with van der Waals surface area (Å²) in [7, 11) is 1.91. The Bertz CT molecular complexity index is 724. The SMILES string of the molecule is CC1CCC2C(CCC3C2CCC2(C)C(C(=O)c4cnn(C)c4)CCC32)C1. The van der Waals surface area contributed by atoms with Crippen LogP contribution < -0.4 is 0 Å². The molecule has 4 aliphatic rings. The van der Waals surface area contributed by atoms with Gasteiger partial charge in [-0.1, -0.05) is 20.3 Å². The van der Waals surface area contributed by atoms with Crippen molar-refractivity contribution in [3.05, 3.63) is 18.0 Å². The van der Waals surface area contributed by atoms with E-state index in [-0.39, 0.29) is 11.3 Å². The molecule has 3 heteroatoms. The number of fused-ring (bicyclic) bond motifs is 5. The van der Waals surface area contributed by atoms with Gasteiger partial charge in [0.05, 0.1) is 11.8 Å². The second-order valence-corrected chi connectivity index (χ2v) is 10.8. The molecule has 0 aliphatic heterocycles. The maximum absolute atomic E-state index is 13.3. The molecule has 0 N–H and O–H groups in total. The molecule has 1 aromatic heterocycles. The quantitative estimate of drug-likeness (QED) is 0.645. The van der Waals surface area contributed by atoms with Crippen LogP contribution in [0.1, 0.15) is 82.0 Å². The Hall–Kier alpha value is -1.12. The van der Waals surface area contributed by atoms with Crippen LogP contribution in [0.3, 0.4) is 0 Å². The van der Waals surface area contributed by atoms with Crippen molar-refractivity contribution in [2.45, 2.75) is 71.6 Å². The van der Waals surface area contributed by atoms with Crippen LogP contribution in [0.15, 0.2) is 12.4 Å². The van der Waals surface area contributed by atoms with E-state index in [2.05, 4.69) is 18.9 Å². The highest BCUT2D eigenvalue weighted by Gasteiger charge is 2.58. The number of rotatable bonds is 2. The van der Waals surface area contributed by atoms with Gasteiger partial charge in [-0.3, -0.25) is 9.48 Å². The molecule has 0 bridgehead atoms. The third-order valence-corrected chi connectivity index (χ3v) is 9.52. The van der Waals surface area contributed by atoms with Crippen LogP contribution in [0.25, 0.3) is 0 Å². The van der Waals surface area contributed by atoms with Crippen molar-refractivity contribution >= 4 is 5.78 Å². The van der Waals surface area contributed by atoms with E-state index in [0.29, 0.717) is 5.78 Å². The van der Waals surface area contributed by atoms with Crippen molar-refractivity contribution < 1.29 is 4.79 Å². The van der Waals surface area contributed by atoms with Crippen LogP contribution in [0, 0.1) is 46.8 Å². The van der Waals surface area contributed by atoms with Crippen LogP contribution >= 0.6 is 0 Å². The van der Waals surface area contributed by atoms with E-state index >= 15 is 0 Å². The highest BCUT2D eigenvalue weighted by atomic mass is 16.1. The van der Waals surface area contributed by atoms with E-state index in [1.165, 1.54) is 51.4 Å². The lowest BCUT2D eigenvalue weighted by Gasteiger charge is -2.56. The normalized spacial score (nSPS) is 46.4. The number of ketones is 1. The summed E-state index contributed by atoms with van der Waals surface area (Å²) in [6.45, 7) is 4.93. The maximum atomic E-state index is 13.3. The molecule has 4 aliphatic carbocycles. The van der Waals surface area contributed by atoms with Crippen molar-refractivity contribution in [1.29, 1.82) is 0 Å². The summed E-state index contributed by atoms with van der Waals surface area (Å²) in [6.07, 6.45) is 16.0. The lowest BCUT2D eigenvalue weighted by Crippen LogP contribution is -2.49. The summed E-state index contributed by atoms with van der Waals surface area (Å²) < 4.78 is 1.77. The molecule has 4 fully saturated rings. The van der Waals surface area contributed by atoms with E-state index in [4.69, 9.17) is 0 Å². The van der Waals surface area contributed by atoms with Crippen LogP contribution in [0.2, 0.25) is 0 Å². The third-order valence-electron chi connectivity index (χ3n) is 9.52. The summed E-state index contributed by atoms with van der Waals surface area (Å²) in [4.78, 5) is 13.3. The molecule has 1 heterocycles. The van der Waals surface area contributed by atoms with Crippen LogP contribution in [-0.2, 0) is 7.05 Å². The Morgan fingerprint density at radius 3 is 2.67 bits per heavy atom. The number of carbonyl (C=O) groups is 1. The molecule has 0 radical (unpaired) electrons. The molecule has 0 spiro atoms. The van der Waals surface area contributed by atoms with Crippen molar-refractivity contribution in [1.82, 2.24) is 9.78 Å². The van der Waals surface area contributed by atoms with Gasteiger partial charge in [0.25, 0.3) is 0 Å². The third kappa shape index (κ3) is 2.75. The standard InChI is InChI=1S/C24H36N2O/c1-15-4-6-18-16(12-15)5-7-20-19(18)10-11-24(2)21(20)8-9-22(24)23(27)17-13-25-26(3)14-17/h13-16,18-22H,4-12H2,1-3H3. The van der Waals surface area contributed by atoms with Gasteiger partial charge in [-0.05, 0) is 92.3 Å². The van der Waals surface area contributed by atoms with Gasteiger partial charge in [-0.2, -0.15) is 5.10 Å². The molecule has 3 nitrogen and oxygen atoms in total. The van der Waals surface area contributed by atoms with E-state index in [9.17, 15) is 4.79 Å². The number of carbonyl (C=O) groups excluding carboxylic acids is 1. The maximum Gasteiger partial charge on any atom is 0.169 e. The molecule has 4 saturated carbocycles. The second kappa shape index (κ2) is 6.46. The van der Waals surface area contributed by atoms with Crippen molar-refractivity contribution in [3.8, 4) is 0 Å². The van der Waals surface area contributed by atoms with Gasteiger partial charge in [-0.25, -0.2) is 0 Å². The minimum Gasteiger partial charge on any atom is -0.294 e. The fourth-order valence-electron chi connectivity index (χ4n) is 8.27. The van der Waals surface area contributed by atoms with Gasteiger partial charge >= 0.3 is 0 Å². The molecule has 1 aromatic rings. The van der Waals surface area contributed by atoms with E-state index in [0.717, 1.165) is 47.5 Å². The zero-order valence-corrected chi connectivity index (χ0v) is 17.4. The fraction of sp³-hybridized carbons (Fsp3) is 0.833. The van der Waals surface area contributed by atoms with Gasteiger partial charge in [0, 0.05) is 19.2 Å². The highest BCUT2D eigenvalue weighted by Crippen LogP contribution is 2.64. The van der Waals surface area contributed by atoms with Crippen molar-refractivity contribution in [2.24, 2.45) is 53.9 Å². The van der Waals surface area contributed by atoms with Gasteiger partial charge in [0.2, 0.25) is 0 Å². The Balaban J connectivity index is 1.37. The lowest BCUT2D eigenvalue weighted by molar-refractivity contribution is -0.0634. The summed E-state index contributed by atoms with van der Waals surface area (Å²) in [5, 5.41) is 4.25. The molecule has 148 valence electrons. The summed E-state index contributed by atoms with van der Waals surface area (Å²) in [5.41, 5.74) is 1.06. The Morgan fingerprint density at radius 2 is 1.89 bits per heavy atom. The van der Waals surface area contributed by atoms with Crippen molar-refractivity contribution in [3.63, 3.8) is 0 Å². The summed E-state index contributed by atoms with van der Waals surface area (Å²) in [5.74, 6) is 6.17. The van der Waals surface area contributed by atoms with Crippen LogP contribution in [-0.4, -0.2) is 15.6 Å². The molecular weight excluding hydrogens is 332 g/mol. The molecule has 27 heavy (non-hydrogen) atoms. The molecule has 8 atom stereocenters. The van der Waals surface area contributed by atoms with Gasteiger partial charge in [0.1, 0.15) is 0 Å². The predicted octanol–water partition coefficient (Wildman–Crippen LogP) is 5.51. The monoisotopic (exact) mass is 368 g/mol. The van der Waals surface area contributed by atoms with Gasteiger partial charge < -0.3 is 0 Å². The summed E-state index contributed by atoms with van der Waals surface area (Å²) in [6, 6.07) is 0. The first-order chi connectivity index (χ1) is 13.0. The average Bonchev–Trinajstić information content (AvgIpc) is 3.23. The predicted molar refractivity (Wildman–Crippen MR) is 107 cm³/mol. The zero-order valence-electron chi connectivity index (χ0n) is 17.4. The van der Waals surface area contributed by atoms with E-state index in [1.54, 1.807) is 10.9 Å². The van der Waals surface area contributed by atoms with Crippen LogP contribution in [0.5, 0.6) is 0 Å². The summed E-state index contributed by atoms with van der Waals surface area (Å²) >= 11 is 0. The minimum absolute atomic E-state index is 0.219. The Labute approximate surface area is 164 Å². The molecule has 0 amide bonds. The van der Waals surface area contributed by atoms with E-state index < -0.39 is 0 Å². The minimum atomic E-state index is 0.219. The molecule has 5 rings (SSSR count). The fourth-order valence-corrected chi connectivity index (χ4v) is 8.27. The molecular formula is C24H36N2O. The zero-order chi connectivity index (χ0) is 18.8. The number of hydrogen-bond acceptors (Lipinski definition) is 2. The van der Waals surface area contributed by atoms with Gasteiger partial charge in [-0.15, -0.1) is 0 Å². The average molecular weight is 369 g/mol. The topological polar surface area (TPSA) is 34.9 Å². The first-order valence-electron chi connectivity index (χ1n) is 11.5. The first kappa shape index (κ1) is 17.9. The molecule has 0 saturated heterocycles. The molecule has 8 unspecified atom stereocenters. The van der Waals surface area contributed by atoms with E-state index in [1.807, 2.05) is 13.2 Å². The smallest absolute Gasteiger partial charge is 0.169 e. The number of aromatic nitrogens is 2. The Kier molecular flexibility index (Phi) is 4.29. The molecule has 0 aromatic carbocycles. The largest absolute Gasteiger partial charge is 0.294 e. The Morgan fingerprint density at radius 1 is 1.07 bits per heavy atom. The highest BCUT2D eigenvalue weighted by molar-refractivity contribution is 5.98. The lowest BCUT2D eigenvalue weighted by atomic mass is 9.49. The second-order valence-electron chi connectivity index (χ2n) is 10.8. The number of Topliss-reactive ketones (excluding diaryl/α,β-unsaturated/α-hetero) is 1. The first-order valence-corrected chi connectivity index (χ1v) is 11.5. The van der Waals surface area contributed by atoms with Crippen LogP contribution in [0.4, 0.5) is 0 Å². The number of hydrogen-bond donors (Lipinski definition) is 0. The van der Waals surface area contributed by atoms with Gasteiger partial charge in [0.15, 0.2) is 5.78 Å². The van der Waals surface area contributed by atoms with Crippen molar-refractivity contribution in [2.75, 3.05) is 0 Å². The number of aryl methyl sites for hydroxylation is 1. The number of nitrogens with zero attached hydrogens (tertiary/aromatic N) is 2.